The fourth-order valence-corrected chi connectivity index (χ4v) is 2.46. The van der Waals surface area contributed by atoms with Gasteiger partial charge in [0.15, 0.2) is 0 Å². The summed E-state index contributed by atoms with van der Waals surface area (Å²) in [5, 5.41) is 9.14. The van der Waals surface area contributed by atoms with Crippen LogP contribution in [-0.4, -0.2) is 29.3 Å². The third kappa shape index (κ3) is 2.44. The average molecular weight is 221 g/mol. The smallest absolute Gasteiger partial charge is 0.125 e. The molecular formula is C12H19N3O. The van der Waals surface area contributed by atoms with E-state index in [1.165, 1.54) is 25.7 Å². The van der Waals surface area contributed by atoms with Crippen LogP contribution >= 0.6 is 0 Å². The predicted octanol–water partition coefficient (Wildman–Crippen LogP) is 1.41. The van der Waals surface area contributed by atoms with Gasteiger partial charge in [-0.25, -0.2) is 4.98 Å². The highest BCUT2D eigenvalue weighted by atomic mass is 16.3. The number of nitrogen functional groups attached to an aromatic ring is 1. The predicted molar refractivity (Wildman–Crippen MR) is 65.3 cm³/mol. The van der Waals surface area contributed by atoms with E-state index in [4.69, 9.17) is 10.8 Å². The van der Waals surface area contributed by atoms with Crippen LogP contribution < -0.4 is 10.6 Å². The van der Waals surface area contributed by atoms with Gasteiger partial charge in [-0.1, -0.05) is 12.8 Å². The number of pyridine rings is 1. The highest BCUT2D eigenvalue weighted by Crippen LogP contribution is 2.28. The molecule has 1 aromatic rings. The van der Waals surface area contributed by atoms with Crippen molar-refractivity contribution in [3.8, 4) is 0 Å². The maximum Gasteiger partial charge on any atom is 0.125 e. The molecule has 1 aliphatic carbocycles. The molecule has 88 valence electrons. The Morgan fingerprint density at radius 1 is 1.44 bits per heavy atom. The molecule has 4 heteroatoms. The number of aliphatic hydroxyl groups is 1. The summed E-state index contributed by atoms with van der Waals surface area (Å²) >= 11 is 0. The molecule has 2 rings (SSSR count). The highest BCUT2D eigenvalue weighted by molar-refractivity contribution is 5.52. The summed E-state index contributed by atoms with van der Waals surface area (Å²) in [4.78, 5) is 6.25. The standard InChI is InChI=1S/C12H19N3O/c13-12-9-11(5-6-14-12)15(7-8-16)10-3-1-2-4-10/h5-6,9-10,16H,1-4,7-8H2,(H2,13,14). The topological polar surface area (TPSA) is 62.4 Å². The largest absolute Gasteiger partial charge is 0.395 e. The molecule has 1 aromatic heterocycles. The molecule has 0 bridgehead atoms. The summed E-state index contributed by atoms with van der Waals surface area (Å²) in [5.74, 6) is 0.540. The molecule has 0 radical (unpaired) electrons. The Bertz CT molecular complexity index is 337. The van der Waals surface area contributed by atoms with E-state index in [2.05, 4.69) is 9.88 Å². The molecule has 1 aliphatic rings. The number of nitrogens with zero attached hydrogens (tertiary/aromatic N) is 2. The second kappa shape index (κ2) is 5.16. The fraction of sp³-hybridized carbons (Fsp3) is 0.583. The monoisotopic (exact) mass is 221 g/mol. The summed E-state index contributed by atoms with van der Waals surface area (Å²) in [7, 11) is 0. The Labute approximate surface area is 96.1 Å². The molecule has 0 aromatic carbocycles. The van der Waals surface area contributed by atoms with Gasteiger partial charge in [-0.15, -0.1) is 0 Å². The third-order valence-corrected chi connectivity index (χ3v) is 3.20. The average Bonchev–Trinajstić information content (AvgIpc) is 2.79. The Kier molecular flexibility index (Phi) is 3.62. The van der Waals surface area contributed by atoms with Gasteiger partial charge in [0.05, 0.1) is 6.61 Å². The summed E-state index contributed by atoms with van der Waals surface area (Å²) in [6, 6.07) is 4.40. The maximum atomic E-state index is 9.14. The van der Waals surface area contributed by atoms with Crippen molar-refractivity contribution in [3.05, 3.63) is 18.3 Å². The number of aromatic nitrogens is 1. The number of anilines is 2. The third-order valence-electron chi connectivity index (χ3n) is 3.20. The number of aliphatic hydroxyl groups excluding tert-OH is 1. The minimum Gasteiger partial charge on any atom is -0.395 e. The SMILES string of the molecule is Nc1cc(N(CCO)C2CCCC2)ccn1. The van der Waals surface area contributed by atoms with Gasteiger partial charge in [0, 0.05) is 30.5 Å². The first-order valence-electron chi connectivity index (χ1n) is 5.90. The molecule has 0 saturated heterocycles. The van der Waals surface area contributed by atoms with Crippen LogP contribution in [0.5, 0.6) is 0 Å². The number of nitrogens with two attached hydrogens (primary N) is 1. The minimum atomic E-state index is 0.179. The van der Waals surface area contributed by atoms with Crippen molar-refractivity contribution in [1.82, 2.24) is 4.98 Å². The molecule has 1 fully saturated rings. The molecule has 3 N–H and O–H groups in total. The number of hydrogen-bond donors (Lipinski definition) is 2. The van der Waals surface area contributed by atoms with Crippen molar-refractivity contribution in [2.75, 3.05) is 23.8 Å². The quantitative estimate of drug-likeness (QED) is 0.807. The van der Waals surface area contributed by atoms with Crippen LogP contribution in [0.3, 0.4) is 0 Å². The summed E-state index contributed by atoms with van der Waals surface area (Å²) in [6.07, 6.45) is 6.72. The second-order valence-corrected chi connectivity index (χ2v) is 4.29. The lowest BCUT2D eigenvalue weighted by Gasteiger charge is -2.30. The van der Waals surface area contributed by atoms with Crippen LogP contribution in [0.15, 0.2) is 18.3 Å². The first-order valence-corrected chi connectivity index (χ1v) is 5.90. The Morgan fingerprint density at radius 2 is 2.19 bits per heavy atom. The van der Waals surface area contributed by atoms with Crippen LogP contribution in [0.2, 0.25) is 0 Å². The van der Waals surface area contributed by atoms with E-state index in [1.807, 2.05) is 12.1 Å². The van der Waals surface area contributed by atoms with Crippen molar-refractivity contribution < 1.29 is 5.11 Å². The first kappa shape index (κ1) is 11.2. The van der Waals surface area contributed by atoms with E-state index in [-0.39, 0.29) is 6.61 Å². The molecule has 4 nitrogen and oxygen atoms in total. The van der Waals surface area contributed by atoms with Crippen molar-refractivity contribution in [2.24, 2.45) is 0 Å². The Balaban J connectivity index is 2.17. The van der Waals surface area contributed by atoms with E-state index in [9.17, 15) is 0 Å². The lowest BCUT2D eigenvalue weighted by Crippen LogP contribution is -2.35. The van der Waals surface area contributed by atoms with Crippen molar-refractivity contribution in [2.45, 2.75) is 31.7 Å². The zero-order valence-corrected chi connectivity index (χ0v) is 9.47. The molecule has 0 atom stereocenters. The van der Waals surface area contributed by atoms with Gasteiger partial charge in [-0.05, 0) is 18.9 Å². The number of hydrogen-bond acceptors (Lipinski definition) is 4. The van der Waals surface area contributed by atoms with E-state index in [1.54, 1.807) is 6.20 Å². The molecule has 0 spiro atoms. The van der Waals surface area contributed by atoms with Crippen molar-refractivity contribution in [3.63, 3.8) is 0 Å². The highest BCUT2D eigenvalue weighted by Gasteiger charge is 2.22. The zero-order valence-electron chi connectivity index (χ0n) is 9.47. The van der Waals surface area contributed by atoms with Gasteiger partial charge in [0.2, 0.25) is 0 Å². The van der Waals surface area contributed by atoms with Crippen LogP contribution in [0.25, 0.3) is 0 Å². The van der Waals surface area contributed by atoms with Crippen LogP contribution in [0, 0.1) is 0 Å². The lowest BCUT2D eigenvalue weighted by molar-refractivity contribution is 0.297. The lowest BCUT2D eigenvalue weighted by atomic mass is 10.2. The van der Waals surface area contributed by atoms with E-state index >= 15 is 0 Å². The summed E-state index contributed by atoms with van der Waals surface area (Å²) in [5.41, 5.74) is 6.77. The van der Waals surface area contributed by atoms with Gasteiger partial charge in [0.25, 0.3) is 0 Å². The van der Waals surface area contributed by atoms with E-state index in [0.717, 1.165) is 5.69 Å². The Hall–Kier alpha value is -1.29. The maximum absolute atomic E-state index is 9.14. The van der Waals surface area contributed by atoms with Crippen molar-refractivity contribution >= 4 is 11.5 Å². The molecule has 0 amide bonds. The Morgan fingerprint density at radius 3 is 2.81 bits per heavy atom. The van der Waals surface area contributed by atoms with Gasteiger partial charge < -0.3 is 15.7 Å². The summed E-state index contributed by atoms with van der Waals surface area (Å²) < 4.78 is 0. The molecular weight excluding hydrogens is 202 g/mol. The second-order valence-electron chi connectivity index (χ2n) is 4.29. The van der Waals surface area contributed by atoms with Crippen molar-refractivity contribution in [1.29, 1.82) is 0 Å². The first-order chi connectivity index (χ1) is 7.81. The van der Waals surface area contributed by atoms with Crippen LogP contribution in [-0.2, 0) is 0 Å². The fourth-order valence-electron chi connectivity index (χ4n) is 2.46. The van der Waals surface area contributed by atoms with Gasteiger partial charge in [-0.3, -0.25) is 0 Å². The zero-order chi connectivity index (χ0) is 11.4. The molecule has 0 unspecified atom stereocenters. The van der Waals surface area contributed by atoms with E-state index in [0.29, 0.717) is 18.4 Å². The molecule has 1 saturated carbocycles. The van der Waals surface area contributed by atoms with Crippen LogP contribution in [0.4, 0.5) is 11.5 Å². The van der Waals surface area contributed by atoms with Gasteiger partial charge in [-0.2, -0.15) is 0 Å². The number of rotatable bonds is 4. The molecule has 1 heterocycles. The normalized spacial score (nSPS) is 16.6. The van der Waals surface area contributed by atoms with Crippen LogP contribution in [0.1, 0.15) is 25.7 Å². The van der Waals surface area contributed by atoms with E-state index < -0.39 is 0 Å². The van der Waals surface area contributed by atoms with Gasteiger partial charge in [0.1, 0.15) is 5.82 Å². The minimum absolute atomic E-state index is 0.179. The van der Waals surface area contributed by atoms with Gasteiger partial charge >= 0.3 is 0 Å². The summed E-state index contributed by atoms with van der Waals surface area (Å²) in [6.45, 7) is 0.854. The molecule has 16 heavy (non-hydrogen) atoms. The molecule has 0 aliphatic heterocycles.